The van der Waals surface area contributed by atoms with E-state index in [9.17, 15) is 13.2 Å². The molecule has 1 aromatic carbocycles. The minimum Gasteiger partial charge on any atom is -0.353 e. The Labute approximate surface area is 144 Å². The molecular weight excluding hydrogens is 324 g/mol. The molecule has 0 radical (unpaired) electrons. The zero-order valence-corrected chi connectivity index (χ0v) is 14.9. The lowest BCUT2D eigenvalue weighted by Gasteiger charge is -2.15. The molecule has 132 valence electrons. The van der Waals surface area contributed by atoms with Crippen LogP contribution in [0.15, 0.2) is 29.2 Å². The zero-order valence-electron chi connectivity index (χ0n) is 14.0. The second-order valence-corrected chi connectivity index (χ2v) is 8.74. The smallest absolute Gasteiger partial charge is 0.243 e. The predicted octanol–water partition coefficient (Wildman–Crippen LogP) is 2.46. The molecule has 1 heterocycles. The molecule has 0 unspecified atom stereocenters. The van der Waals surface area contributed by atoms with Crippen LogP contribution in [0, 0.1) is 0 Å². The van der Waals surface area contributed by atoms with Crippen LogP contribution in [0.3, 0.4) is 0 Å². The van der Waals surface area contributed by atoms with Gasteiger partial charge >= 0.3 is 0 Å². The topological polar surface area (TPSA) is 66.5 Å². The van der Waals surface area contributed by atoms with Crippen LogP contribution in [0.5, 0.6) is 0 Å². The molecule has 0 spiro atoms. The first-order valence-electron chi connectivity index (χ1n) is 8.94. The van der Waals surface area contributed by atoms with Crippen LogP contribution in [0.4, 0.5) is 0 Å². The third-order valence-electron chi connectivity index (χ3n) is 4.99. The lowest BCUT2D eigenvalue weighted by atomic mass is 10.1. The average molecular weight is 350 g/mol. The third-order valence-corrected chi connectivity index (χ3v) is 6.90. The van der Waals surface area contributed by atoms with Crippen molar-refractivity contribution in [3.05, 3.63) is 29.8 Å². The van der Waals surface area contributed by atoms with Crippen LogP contribution in [-0.2, 0) is 21.2 Å². The number of carbonyl (C=O) groups excluding carboxylic acids is 1. The molecule has 2 aliphatic rings. The second kappa shape index (κ2) is 7.66. The lowest BCUT2D eigenvalue weighted by molar-refractivity contribution is -0.121. The second-order valence-electron chi connectivity index (χ2n) is 6.80. The summed E-state index contributed by atoms with van der Waals surface area (Å²) in [5, 5.41) is 3.08. The fourth-order valence-corrected chi connectivity index (χ4v) is 5.05. The maximum Gasteiger partial charge on any atom is 0.243 e. The number of amides is 1. The fraction of sp³-hybridized carbons (Fsp3) is 0.611. The Morgan fingerprint density at radius 2 is 1.67 bits per heavy atom. The van der Waals surface area contributed by atoms with E-state index in [1.165, 1.54) is 12.8 Å². The number of rotatable bonds is 6. The molecule has 0 aromatic heterocycles. The molecule has 2 fully saturated rings. The molecule has 24 heavy (non-hydrogen) atoms. The largest absolute Gasteiger partial charge is 0.353 e. The number of nitrogens with one attached hydrogen (secondary N) is 1. The van der Waals surface area contributed by atoms with Crippen molar-refractivity contribution in [3.8, 4) is 0 Å². The monoisotopic (exact) mass is 350 g/mol. The van der Waals surface area contributed by atoms with E-state index < -0.39 is 10.0 Å². The van der Waals surface area contributed by atoms with E-state index in [4.69, 9.17) is 0 Å². The van der Waals surface area contributed by atoms with E-state index >= 15 is 0 Å². The van der Waals surface area contributed by atoms with Gasteiger partial charge < -0.3 is 5.32 Å². The van der Waals surface area contributed by atoms with Crippen molar-refractivity contribution in [2.24, 2.45) is 0 Å². The van der Waals surface area contributed by atoms with Gasteiger partial charge in [-0.05, 0) is 49.8 Å². The van der Waals surface area contributed by atoms with Crippen LogP contribution in [0.25, 0.3) is 0 Å². The first-order chi connectivity index (χ1) is 11.6. The summed E-state index contributed by atoms with van der Waals surface area (Å²) in [6, 6.07) is 7.33. The summed E-state index contributed by atoms with van der Waals surface area (Å²) < 4.78 is 26.5. The highest BCUT2D eigenvalue weighted by Gasteiger charge is 2.26. The fourth-order valence-electron chi connectivity index (χ4n) is 3.53. The van der Waals surface area contributed by atoms with E-state index in [1.807, 2.05) is 12.1 Å². The van der Waals surface area contributed by atoms with Gasteiger partial charge in [0.25, 0.3) is 0 Å². The Balaban J connectivity index is 1.53. The normalized spacial score (nSPS) is 19.7. The van der Waals surface area contributed by atoms with Gasteiger partial charge in [-0.1, -0.05) is 25.0 Å². The van der Waals surface area contributed by atoms with Crippen LogP contribution in [0.1, 0.15) is 50.5 Å². The number of hydrogen-bond donors (Lipinski definition) is 1. The number of benzene rings is 1. The summed E-state index contributed by atoms with van der Waals surface area (Å²) in [4.78, 5) is 12.3. The van der Waals surface area contributed by atoms with Gasteiger partial charge in [-0.3, -0.25) is 4.79 Å². The summed E-state index contributed by atoms with van der Waals surface area (Å²) in [5.74, 6) is 0.0932. The number of carbonyl (C=O) groups is 1. The molecule has 1 saturated carbocycles. The van der Waals surface area contributed by atoms with Crippen molar-refractivity contribution in [1.29, 1.82) is 0 Å². The Morgan fingerprint density at radius 3 is 2.29 bits per heavy atom. The standard InChI is InChI=1S/C18H26N2O3S/c21-18(19-16-5-1-2-6-16)12-9-15-7-10-17(11-8-15)24(22,23)20-13-3-4-14-20/h7-8,10-11,16H,1-6,9,12-14H2,(H,19,21). The van der Waals surface area contributed by atoms with Gasteiger partial charge in [0.05, 0.1) is 4.90 Å². The van der Waals surface area contributed by atoms with E-state index in [0.717, 1.165) is 31.2 Å². The van der Waals surface area contributed by atoms with Gasteiger partial charge in [0.15, 0.2) is 0 Å². The molecule has 1 saturated heterocycles. The van der Waals surface area contributed by atoms with E-state index in [1.54, 1.807) is 16.4 Å². The average Bonchev–Trinajstić information content (AvgIpc) is 3.27. The number of aryl methyl sites for hydroxylation is 1. The molecule has 1 amide bonds. The van der Waals surface area contributed by atoms with Crippen molar-refractivity contribution in [2.75, 3.05) is 13.1 Å². The minimum absolute atomic E-state index is 0.0932. The van der Waals surface area contributed by atoms with Crippen molar-refractivity contribution in [2.45, 2.75) is 62.3 Å². The molecule has 1 aliphatic heterocycles. The highest BCUT2D eigenvalue weighted by Crippen LogP contribution is 2.21. The van der Waals surface area contributed by atoms with Crippen molar-refractivity contribution in [3.63, 3.8) is 0 Å². The molecule has 1 aliphatic carbocycles. The van der Waals surface area contributed by atoms with E-state index in [2.05, 4.69) is 5.32 Å². The maximum atomic E-state index is 12.5. The Morgan fingerprint density at radius 1 is 1.04 bits per heavy atom. The molecule has 3 rings (SSSR count). The van der Waals surface area contributed by atoms with Crippen molar-refractivity contribution in [1.82, 2.24) is 9.62 Å². The summed E-state index contributed by atoms with van der Waals surface area (Å²) in [7, 11) is -3.35. The summed E-state index contributed by atoms with van der Waals surface area (Å²) in [6.07, 6.45) is 7.57. The first kappa shape index (κ1) is 17.4. The molecule has 1 aromatic rings. The third kappa shape index (κ3) is 4.16. The molecule has 5 nitrogen and oxygen atoms in total. The Kier molecular flexibility index (Phi) is 5.56. The lowest BCUT2D eigenvalue weighted by Crippen LogP contribution is -2.32. The first-order valence-corrected chi connectivity index (χ1v) is 10.4. The van der Waals surface area contributed by atoms with Crippen LogP contribution < -0.4 is 5.32 Å². The predicted molar refractivity (Wildman–Crippen MR) is 93.2 cm³/mol. The summed E-state index contributed by atoms with van der Waals surface area (Å²) >= 11 is 0. The van der Waals surface area contributed by atoms with Gasteiger partial charge in [0.2, 0.25) is 15.9 Å². The van der Waals surface area contributed by atoms with E-state index in [0.29, 0.717) is 36.9 Å². The van der Waals surface area contributed by atoms with Crippen LogP contribution in [-0.4, -0.2) is 37.8 Å². The molecule has 1 N–H and O–H groups in total. The van der Waals surface area contributed by atoms with Crippen LogP contribution >= 0.6 is 0 Å². The number of nitrogens with zero attached hydrogens (tertiary/aromatic N) is 1. The molecule has 6 heteroatoms. The van der Waals surface area contributed by atoms with Gasteiger partial charge in [-0.25, -0.2) is 8.42 Å². The van der Waals surface area contributed by atoms with Gasteiger partial charge in [-0.15, -0.1) is 0 Å². The van der Waals surface area contributed by atoms with Gasteiger partial charge in [0.1, 0.15) is 0 Å². The summed E-state index contributed by atoms with van der Waals surface area (Å²) in [5.41, 5.74) is 0.997. The number of sulfonamides is 1. The molecule has 0 atom stereocenters. The van der Waals surface area contributed by atoms with Crippen molar-refractivity contribution >= 4 is 15.9 Å². The Bertz CT molecular complexity index is 658. The maximum absolute atomic E-state index is 12.5. The van der Waals surface area contributed by atoms with E-state index in [-0.39, 0.29) is 5.91 Å². The highest BCUT2D eigenvalue weighted by molar-refractivity contribution is 7.89. The zero-order chi connectivity index (χ0) is 17.0. The minimum atomic E-state index is -3.35. The highest BCUT2D eigenvalue weighted by atomic mass is 32.2. The van der Waals surface area contributed by atoms with Gasteiger partial charge in [-0.2, -0.15) is 4.31 Å². The van der Waals surface area contributed by atoms with Crippen molar-refractivity contribution < 1.29 is 13.2 Å². The van der Waals surface area contributed by atoms with Crippen LogP contribution in [0.2, 0.25) is 0 Å². The SMILES string of the molecule is O=C(CCc1ccc(S(=O)(=O)N2CCCC2)cc1)NC1CCCC1. The summed E-state index contributed by atoms with van der Waals surface area (Å²) in [6.45, 7) is 1.23. The quantitative estimate of drug-likeness (QED) is 0.857. The van der Waals surface area contributed by atoms with Gasteiger partial charge in [0, 0.05) is 25.6 Å². The number of hydrogen-bond acceptors (Lipinski definition) is 3. The molecular formula is C18H26N2O3S. The Hall–Kier alpha value is -1.40. The molecule has 0 bridgehead atoms.